The van der Waals surface area contributed by atoms with E-state index in [1.165, 1.54) is 0 Å². The van der Waals surface area contributed by atoms with Gasteiger partial charge in [-0.05, 0) is 73.6 Å². The number of aromatic nitrogens is 4. The van der Waals surface area contributed by atoms with E-state index in [1.807, 2.05) is 63.7 Å². The summed E-state index contributed by atoms with van der Waals surface area (Å²) in [5.41, 5.74) is 5.86. The molecular formula is C42H56N10O4. The third-order valence-electron chi connectivity index (χ3n) is 10.7. The number of nitrogens with zero attached hydrogens (tertiary/aromatic N) is 4. The van der Waals surface area contributed by atoms with Crippen molar-refractivity contribution < 1.29 is 19.2 Å². The van der Waals surface area contributed by atoms with Crippen molar-refractivity contribution in [1.82, 2.24) is 51.0 Å². The number of hydrogen-bond acceptors (Lipinski definition) is 6. The first-order valence-electron chi connectivity index (χ1n) is 20.0. The van der Waals surface area contributed by atoms with E-state index in [1.54, 1.807) is 0 Å². The highest BCUT2D eigenvalue weighted by molar-refractivity contribution is 5.88. The van der Waals surface area contributed by atoms with Gasteiger partial charge < -0.3 is 41.0 Å². The van der Waals surface area contributed by atoms with E-state index < -0.39 is 12.1 Å². The molecular weight excluding hydrogens is 709 g/mol. The number of likely N-dealkylation sites (tertiary alicyclic amines) is 2. The number of aromatic amines is 2. The average Bonchev–Trinajstić information content (AvgIpc) is 4.02. The topological polar surface area (TPSA) is 180 Å². The first-order valence-corrected chi connectivity index (χ1v) is 20.0. The first-order chi connectivity index (χ1) is 27.0. The highest BCUT2D eigenvalue weighted by Gasteiger charge is 2.38. The maximum Gasteiger partial charge on any atom is 0.315 e. The predicted molar refractivity (Wildman–Crippen MR) is 216 cm³/mol. The number of carbonyl (C=O) groups is 4. The van der Waals surface area contributed by atoms with Crippen molar-refractivity contribution in [1.29, 1.82) is 0 Å². The lowest BCUT2D eigenvalue weighted by Gasteiger charge is -2.30. The van der Waals surface area contributed by atoms with Crippen molar-refractivity contribution in [3.8, 4) is 33.6 Å². The molecule has 2 aliphatic heterocycles. The van der Waals surface area contributed by atoms with Gasteiger partial charge in [0.05, 0.1) is 35.9 Å². The monoisotopic (exact) mass is 764 g/mol. The average molecular weight is 765 g/mol. The van der Waals surface area contributed by atoms with Crippen molar-refractivity contribution >= 4 is 23.9 Å². The van der Waals surface area contributed by atoms with E-state index in [-0.39, 0.29) is 47.8 Å². The second-order valence-electron chi connectivity index (χ2n) is 15.3. The number of H-pyrrole nitrogens is 2. The van der Waals surface area contributed by atoms with Crippen LogP contribution in [-0.4, -0.2) is 91.9 Å². The quantitative estimate of drug-likeness (QED) is 0.0951. The largest absolute Gasteiger partial charge is 0.340 e. The smallest absolute Gasteiger partial charge is 0.315 e. The van der Waals surface area contributed by atoms with Gasteiger partial charge in [-0.15, -0.1) is 0 Å². The minimum absolute atomic E-state index is 0.0625. The molecule has 0 bridgehead atoms. The van der Waals surface area contributed by atoms with Gasteiger partial charge in [-0.2, -0.15) is 0 Å². The van der Waals surface area contributed by atoms with Crippen LogP contribution in [-0.2, 0) is 9.59 Å². The van der Waals surface area contributed by atoms with Crippen LogP contribution in [0.5, 0.6) is 0 Å². The predicted octanol–water partition coefficient (Wildman–Crippen LogP) is 6.15. The van der Waals surface area contributed by atoms with Crippen molar-refractivity contribution in [3.63, 3.8) is 0 Å². The van der Waals surface area contributed by atoms with Crippen molar-refractivity contribution in [3.05, 3.63) is 72.6 Å². The van der Waals surface area contributed by atoms with Crippen LogP contribution in [0.15, 0.2) is 60.9 Å². The van der Waals surface area contributed by atoms with Crippen LogP contribution in [0.25, 0.3) is 33.6 Å². The highest BCUT2D eigenvalue weighted by Crippen LogP contribution is 2.35. The molecule has 6 amide bonds. The number of nitrogens with one attached hydrogen (secondary N) is 6. The van der Waals surface area contributed by atoms with E-state index in [9.17, 15) is 19.2 Å². The zero-order chi connectivity index (χ0) is 39.9. The molecule has 2 aromatic heterocycles. The van der Waals surface area contributed by atoms with Gasteiger partial charge in [0.15, 0.2) is 0 Å². The number of imidazole rings is 2. The number of carbonyl (C=O) groups excluding carboxylic acids is 4. The number of urea groups is 2. The van der Waals surface area contributed by atoms with Crippen LogP contribution in [0.4, 0.5) is 9.59 Å². The van der Waals surface area contributed by atoms with E-state index in [0.29, 0.717) is 26.2 Å². The molecule has 0 spiro atoms. The molecule has 6 rings (SSSR count). The zero-order valence-corrected chi connectivity index (χ0v) is 33.3. The van der Waals surface area contributed by atoms with Gasteiger partial charge in [0.1, 0.15) is 23.7 Å². The Balaban J connectivity index is 1.10. The van der Waals surface area contributed by atoms with E-state index in [4.69, 9.17) is 9.97 Å². The number of amides is 6. The molecule has 14 heteroatoms. The van der Waals surface area contributed by atoms with Crippen LogP contribution in [0.3, 0.4) is 0 Å². The number of benzene rings is 2. The Morgan fingerprint density at radius 2 is 0.982 bits per heavy atom. The van der Waals surface area contributed by atoms with Gasteiger partial charge in [0.2, 0.25) is 11.8 Å². The molecule has 2 aliphatic rings. The summed E-state index contributed by atoms with van der Waals surface area (Å²) in [6.45, 7) is 13.7. The van der Waals surface area contributed by atoms with Gasteiger partial charge >= 0.3 is 12.1 Å². The normalized spacial score (nSPS) is 17.9. The van der Waals surface area contributed by atoms with Crippen LogP contribution in [0, 0.1) is 11.8 Å². The van der Waals surface area contributed by atoms with Gasteiger partial charge in [-0.1, -0.05) is 76.2 Å². The van der Waals surface area contributed by atoms with E-state index >= 15 is 0 Å². The molecule has 6 N–H and O–H groups in total. The minimum atomic E-state index is -0.622. The molecule has 2 fully saturated rings. The lowest BCUT2D eigenvalue weighted by molar-refractivity contribution is -0.136. The number of rotatable bonds is 13. The van der Waals surface area contributed by atoms with E-state index in [0.717, 1.165) is 71.0 Å². The second kappa shape index (κ2) is 17.9. The Hall–Kier alpha value is -5.66. The van der Waals surface area contributed by atoms with Gasteiger partial charge in [0, 0.05) is 26.2 Å². The molecule has 1 unspecified atom stereocenters. The van der Waals surface area contributed by atoms with Crippen molar-refractivity contribution in [2.75, 3.05) is 26.2 Å². The molecule has 2 saturated heterocycles. The Labute approximate surface area is 329 Å². The fraction of sp³-hybridized carbons (Fsp3) is 0.476. The van der Waals surface area contributed by atoms with E-state index in [2.05, 4.69) is 79.8 Å². The summed E-state index contributed by atoms with van der Waals surface area (Å²) in [7, 11) is 0. The maximum absolute atomic E-state index is 13.6. The Morgan fingerprint density at radius 1 is 0.625 bits per heavy atom. The third kappa shape index (κ3) is 8.90. The van der Waals surface area contributed by atoms with Gasteiger partial charge in [0.25, 0.3) is 0 Å². The summed E-state index contributed by atoms with van der Waals surface area (Å²) in [6.07, 6.45) is 6.97. The van der Waals surface area contributed by atoms with Crippen molar-refractivity contribution in [2.24, 2.45) is 11.8 Å². The Kier molecular flexibility index (Phi) is 12.8. The van der Waals surface area contributed by atoms with Gasteiger partial charge in [-0.25, -0.2) is 19.6 Å². The molecule has 56 heavy (non-hydrogen) atoms. The molecule has 2 aromatic carbocycles. The SMILES string of the molecule is CCNC(=O)N[C@H](C(=O)N1CCCC1c1ncc(-c2ccc(-c3ccc(-c4cnc([C@@H]5CCCN5C(=O)[C@@H](NC(=O)NCC)C(C)C)[nH]4)cc3)cc2)[nH]1)C(C)C. The summed E-state index contributed by atoms with van der Waals surface area (Å²) >= 11 is 0. The van der Waals surface area contributed by atoms with Crippen LogP contribution < -0.4 is 21.3 Å². The maximum atomic E-state index is 13.6. The lowest BCUT2D eigenvalue weighted by Crippen LogP contribution is -2.53. The standard InChI is InChI=1S/C42H56N10O4/c1-7-43-41(55)49-35(25(3)4)39(53)51-21-9-11-33(51)37-45-23-31(47-37)29-17-13-27(14-18-29)28-15-19-30(20-16-28)32-24-46-38(48-32)34-12-10-22-52(34)40(54)36(26(5)6)50-42(56)44-8-2/h13-20,23-26,33-36H,7-12,21-22H2,1-6H3,(H,45,47)(H,46,48)(H2,43,49,55)(H2,44,50,56)/t33-,34?,35-,36-/m0/s1. The Morgan fingerprint density at radius 3 is 1.32 bits per heavy atom. The molecule has 298 valence electrons. The molecule has 4 heterocycles. The van der Waals surface area contributed by atoms with Crippen molar-refractivity contribution in [2.45, 2.75) is 91.4 Å². The minimum Gasteiger partial charge on any atom is -0.340 e. The molecule has 0 radical (unpaired) electrons. The van der Waals surface area contributed by atoms with Gasteiger partial charge in [-0.3, -0.25) is 9.59 Å². The van der Waals surface area contributed by atoms with Crippen LogP contribution in [0.2, 0.25) is 0 Å². The first kappa shape index (κ1) is 40.0. The molecule has 0 aliphatic carbocycles. The molecule has 0 saturated carbocycles. The van der Waals surface area contributed by atoms with Crippen LogP contribution in [0.1, 0.15) is 91.0 Å². The Bertz CT molecular complexity index is 1830. The number of hydrogen-bond donors (Lipinski definition) is 6. The lowest BCUT2D eigenvalue weighted by atomic mass is 10.0. The summed E-state index contributed by atoms with van der Waals surface area (Å²) < 4.78 is 0. The second-order valence-corrected chi connectivity index (χ2v) is 15.3. The van der Waals surface area contributed by atoms with Crippen LogP contribution >= 0.6 is 0 Å². The zero-order valence-electron chi connectivity index (χ0n) is 33.3. The molecule has 14 nitrogen and oxygen atoms in total. The summed E-state index contributed by atoms with van der Waals surface area (Å²) in [4.78, 5) is 71.9. The summed E-state index contributed by atoms with van der Waals surface area (Å²) in [6, 6.07) is 14.3. The molecule has 4 atom stereocenters. The third-order valence-corrected chi connectivity index (χ3v) is 10.7. The summed E-state index contributed by atoms with van der Waals surface area (Å²) in [5.74, 6) is 1.18. The fourth-order valence-electron chi connectivity index (χ4n) is 7.71. The fourth-order valence-corrected chi connectivity index (χ4v) is 7.71. The molecule has 4 aromatic rings. The summed E-state index contributed by atoms with van der Waals surface area (Å²) in [5, 5.41) is 11.2. The highest BCUT2D eigenvalue weighted by atomic mass is 16.2.